The normalized spacial score (nSPS) is 17.8. The van der Waals surface area contributed by atoms with Crippen molar-refractivity contribution in [2.75, 3.05) is 38.2 Å². The average molecular weight is 666 g/mol. The second kappa shape index (κ2) is 12.8. The number of carbonyl (C=O) groups is 1. The largest absolute Gasteiger partial charge is 0.444 e. The van der Waals surface area contributed by atoms with Gasteiger partial charge in [0, 0.05) is 61.6 Å². The lowest BCUT2D eigenvalue weighted by Gasteiger charge is -2.24. The Morgan fingerprint density at radius 3 is 2.59 bits per heavy atom. The molecular weight excluding hydrogens is 626 g/mol. The lowest BCUT2D eigenvalue weighted by molar-refractivity contribution is 0.0292. The number of amides is 1. The maximum absolute atomic E-state index is 14.2. The molecule has 1 aromatic carbocycles. The van der Waals surface area contributed by atoms with Crippen molar-refractivity contribution in [2.45, 2.75) is 68.3 Å². The molecule has 2 N–H and O–H groups in total. The smallest absolute Gasteiger partial charge is 0.410 e. The van der Waals surface area contributed by atoms with Crippen molar-refractivity contribution in [3.63, 3.8) is 0 Å². The third-order valence-corrected chi connectivity index (χ3v) is 10.6. The van der Waals surface area contributed by atoms with Crippen LogP contribution < -0.4 is 5.32 Å². The predicted molar refractivity (Wildman–Crippen MR) is 178 cm³/mol. The molecule has 10 nitrogen and oxygen atoms in total. The molecule has 2 saturated heterocycles. The zero-order valence-corrected chi connectivity index (χ0v) is 28.2. The SMILES string of the molecule is Cc1ccc(S(=O)(=O)c2cnc3[nH]c(C4CCN(C(=O)OC(C)(C)C)C4)cc3c2-c2nc(NCC3CCOCC3)ccc2Cl)cc1. The molecule has 2 aliphatic heterocycles. The summed E-state index contributed by atoms with van der Waals surface area (Å²) in [5, 5.41) is 4.35. The van der Waals surface area contributed by atoms with Gasteiger partial charge in [0.15, 0.2) is 0 Å². The number of anilines is 1. The molecule has 1 atom stereocenters. The summed E-state index contributed by atoms with van der Waals surface area (Å²) in [5.41, 5.74) is 2.47. The molecule has 0 spiro atoms. The van der Waals surface area contributed by atoms with Crippen LogP contribution in [-0.2, 0) is 19.3 Å². The summed E-state index contributed by atoms with van der Waals surface area (Å²) in [7, 11) is -4.01. The zero-order valence-electron chi connectivity index (χ0n) is 26.6. The monoisotopic (exact) mass is 665 g/mol. The van der Waals surface area contributed by atoms with Gasteiger partial charge in [0.1, 0.15) is 22.0 Å². The first-order valence-electron chi connectivity index (χ1n) is 15.7. The van der Waals surface area contributed by atoms with Gasteiger partial charge >= 0.3 is 6.09 Å². The first-order chi connectivity index (χ1) is 21.9. The number of sulfone groups is 1. The average Bonchev–Trinajstić information content (AvgIpc) is 3.68. The van der Waals surface area contributed by atoms with E-state index in [0.29, 0.717) is 52.1 Å². The molecule has 6 rings (SSSR count). The molecule has 3 aromatic heterocycles. The topological polar surface area (TPSA) is 127 Å². The second-order valence-corrected chi connectivity index (χ2v) is 15.5. The summed E-state index contributed by atoms with van der Waals surface area (Å²) >= 11 is 6.82. The highest BCUT2D eigenvalue weighted by molar-refractivity contribution is 7.91. The van der Waals surface area contributed by atoms with Crippen molar-refractivity contribution in [1.82, 2.24) is 19.9 Å². The molecule has 2 aliphatic rings. The number of likely N-dealkylation sites (tertiary alicyclic amines) is 1. The number of aryl methyl sites for hydroxylation is 1. The highest BCUT2D eigenvalue weighted by Gasteiger charge is 2.33. The Morgan fingerprint density at radius 1 is 1.13 bits per heavy atom. The number of aromatic amines is 1. The second-order valence-electron chi connectivity index (χ2n) is 13.2. The Labute approximate surface area is 274 Å². The highest BCUT2D eigenvalue weighted by atomic mass is 35.5. The van der Waals surface area contributed by atoms with Crippen LogP contribution >= 0.6 is 11.6 Å². The van der Waals surface area contributed by atoms with Gasteiger partial charge in [-0.1, -0.05) is 29.3 Å². The van der Waals surface area contributed by atoms with Crippen LogP contribution in [0.1, 0.15) is 57.2 Å². The summed E-state index contributed by atoms with van der Waals surface area (Å²) in [6, 6.07) is 12.2. The van der Waals surface area contributed by atoms with Gasteiger partial charge in [-0.25, -0.2) is 23.2 Å². The first-order valence-corrected chi connectivity index (χ1v) is 17.5. The molecule has 0 aliphatic carbocycles. The number of benzene rings is 1. The summed E-state index contributed by atoms with van der Waals surface area (Å²) < 4.78 is 39.5. The molecular formula is C34H40ClN5O5S. The summed E-state index contributed by atoms with van der Waals surface area (Å²) in [4.78, 5) is 27.5. The van der Waals surface area contributed by atoms with E-state index in [0.717, 1.165) is 50.3 Å². The quantitative estimate of drug-likeness (QED) is 0.216. The Kier molecular flexibility index (Phi) is 9.02. The lowest BCUT2D eigenvalue weighted by Crippen LogP contribution is -2.35. The van der Waals surface area contributed by atoms with Crippen LogP contribution in [0.15, 0.2) is 58.5 Å². The van der Waals surface area contributed by atoms with Gasteiger partial charge in [-0.05, 0) is 83.2 Å². The van der Waals surface area contributed by atoms with Crippen molar-refractivity contribution in [1.29, 1.82) is 0 Å². The molecule has 0 saturated carbocycles. The fraction of sp³-hybridized carbons (Fsp3) is 0.441. The third-order valence-electron chi connectivity index (χ3n) is 8.54. The Morgan fingerprint density at radius 2 is 1.87 bits per heavy atom. The minimum atomic E-state index is -4.01. The molecule has 1 unspecified atom stereocenters. The van der Waals surface area contributed by atoms with E-state index in [1.165, 1.54) is 6.20 Å². The summed E-state index contributed by atoms with van der Waals surface area (Å²) in [6.07, 6.45) is 3.69. The van der Waals surface area contributed by atoms with Crippen LogP contribution in [0.2, 0.25) is 5.02 Å². The van der Waals surface area contributed by atoms with E-state index in [1.807, 2.05) is 39.8 Å². The van der Waals surface area contributed by atoms with E-state index in [2.05, 4.69) is 15.3 Å². The van der Waals surface area contributed by atoms with Crippen molar-refractivity contribution in [3.05, 3.63) is 64.9 Å². The van der Waals surface area contributed by atoms with Gasteiger partial charge in [0.2, 0.25) is 9.84 Å². The minimum Gasteiger partial charge on any atom is -0.444 e. The number of aromatic nitrogens is 3. The minimum absolute atomic E-state index is 0.0115. The van der Waals surface area contributed by atoms with Crippen molar-refractivity contribution >= 4 is 44.4 Å². The number of fused-ring (bicyclic) bond motifs is 1. The predicted octanol–water partition coefficient (Wildman–Crippen LogP) is 6.98. The van der Waals surface area contributed by atoms with E-state index < -0.39 is 15.4 Å². The van der Waals surface area contributed by atoms with Gasteiger partial charge in [0.25, 0.3) is 0 Å². The van der Waals surface area contributed by atoms with E-state index in [4.69, 9.17) is 26.1 Å². The van der Waals surface area contributed by atoms with Crippen LogP contribution in [-0.4, -0.2) is 72.8 Å². The van der Waals surface area contributed by atoms with E-state index in [-0.39, 0.29) is 21.8 Å². The molecule has 12 heteroatoms. The zero-order chi connectivity index (χ0) is 32.6. The number of halogens is 1. The highest BCUT2D eigenvalue weighted by Crippen LogP contribution is 2.41. The van der Waals surface area contributed by atoms with E-state index in [1.54, 1.807) is 35.2 Å². The van der Waals surface area contributed by atoms with E-state index in [9.17, 15) is 13.2 Å². The molecule has 2 fully saturated rings. The molecule has 0 bridgehead atoms. The van der Waals surface area contributed by atoms with E-state index >= 15 is 0 Å². The third kappa shape index (κ3) is 6.86. The van der Waals surface area contributed by atoms with Gasteiger partial charge in [-0.3, -0.25) is 0 Å². The maximum atomic E-state index is 14.2. The Balaban J connectivity index is 1.42. The molecule has 5 heterocycles. The molecule has 0 radical (unpaired) electrons. The number of H-pyrrole nitrogens is 1. The number of ether oxygens (including phenoxy) is 2. The number of rotatable bonds is 7. The molecule has 244 valence electrons. The van der Waals surface area contributed by atoms with Crippen LogP contribution in [0.3, 0.4) is 0 Å². The van der Waals surface area contributed by atoms with Crippen LogP contribution in [0.4, 0.5) is 10.6 Å². The Hall–Kier alpha value is -3.67. The first kappa shape index (κ1) is 32.3. The lowest BCUT2D eigenvalue weighted by atomic mass is 10.0. The van der Waals surface area contributed by atoms with Crippen molar-refractivity contribution < 1.29 is 22.7 Å². The fourth-order valence-electron chi connectivity index (χ4n) is 6.01. The number of nitrogens with one attached hydrogen (secondary N) is 2. The number of nitrogens with zero attached hydrogens (tertiary/aromatic N) is 3. The van der Waals surface area contributed by atoms with Crippen LogP contribution in [0.5, 0.6) is 0 Å². The van der Waals surface area contributed by atoms with Gasteiger partial charge in [-0.2, -0.15) is 0 Å². The van der Waals surface area contributed by atoms with Gasteiger partial charge < -0.3 is 24.7 Å². The van der Waals surface area contributed by atoms with Crippen LogP contribution in [0, 0.1) is 12.8 Å². The van der Waals surface area contributed by atoms with Gasteiger partial charge in [-0.15, -0.1) is 0 Å². The molecule has 1 amide bonds. The van der Waals surface area contributed by atoms with Crippen LogP contribution in [0.25, 0.3) is 22.3 Å². The number of pyridine rings is 2. The molecule has 46 heavy (non-hydrogen) atoms. The number of hydrogen-bond acceptors (Lipinski definition) is 8. The number of carbonyl (C=O) groups excluding carboxylic acids is 1. The molecule has 4 aromatic rings. The standard InChI is InChI=1S/C34H40ClN5O5S/c1-21-5-7-24(8-6-21)46(42,43)28-19-37-32-25(17-27(38-32)23-11-14-40(20-23)33(41)45-34(2,3)4)30(28)31-26(35)9-10-29(39-31)36-18-22-12-15-44-16-13-22/h5-10,17,19,22-23H,11-16,18,20H2,1-4H3,(H,36,39)(H,37,38). The maximum Gasteiger partial charge on any atom is 0.410 e. The van der Waals surface area contributed by atoms with Gasteiger partial charge in [0.05, 0.1) is 15.6 Å². The summed E-state index contributed by atoms with van der Waals surface area (Å²) in [6.45, 7) is 10.7. The number of hydrogen-bond donors (Lipinski definition) is 2. The van der Waals surface area contributed by atoms with Crippen molar-refractivity contribution in [3.8, 4) is 11.3 Å². The van der Waals surface area contributed by atoms with Crippen molar-refractivity contribution in [2.24, 2.45) is 5.92 Å². The summed E-state index contributed by atoms with van der Waals surface area (Å²) in [5.74, 6) is 1.05. The fourth-order valence-corrected chi connectivity index (χ4v) is 7.63. The Bertz CT molecular complexity index is 1850.